The van der Waals surface area contributed by atoms with E-state index in [1.165, 1.54) is 44.3 Å². The molecular formula is C19H27N5O. The molecule has 0 N–H and O–H groups in total. The van der Waals surface area contributed by atoms with Crippen molar-refractivity contribution in [3.63, 3.8) is 0 Å². The van der Waals surface area contributed by atoms with Gasteiger partial charge in [-0.3, -0.25) is 4.57 Å². The SMILES string of the molecule is Cc1cc(CN(C)c2nnc(C34CC5CC(CC(C5)C3)C4)n2C)no1. The average molecular weight is 341 g/mol. The van der Waals surface area contributed by atoms with Gasteiger partial charge in [-0.05, 0) is 63.2 Å². The zero-order valence-electron chi connectivity index (χ0n) is 15.4. The molecule has 2 aromatic heterocycles. The summed E-state index contributed by atoms with van der Waals surface area (Å²) in [7, 11) is 4.19. The van der Waals surface area contributed by atoms with Crippen LogP contribution in [-0.2, 0) is 19.0 Å². The van der Waals surface area contributed by atoms with Crippen LogP contribution in [0, 0.1) is 24.7 Å². The van der Waals surface area contributed by atoms with Crippen LogP contribution >= 0.6 is 0 Å². The van der Waals surface area contributed by atoms with Gasteiger partial charge in [0.05, 0.1) is 6.54 Å². The van der Waals surface area contributed by atoms with Crippen LogP contribution in [0.1, 0.15) is 55.8 Å². The number of aryl methyl sites for hydroxylation is 1. The summed E-state index contributed by atoms with van der Waals surface area (Å²) < 4.78 is 7.42. The number of nitrogens with zero attached hydrogens (tertiary/aromatic N) is 5. The Kier molecular flexibility index (Phi) is 3.28. The normalized spacial score (nSPS) is 33.2. The van der Waals surface area contributed by atoms with Gasteiger partial charge < -0.3 is 9.42 Å². The van der Waals surface area contributed by atoms with Crippen molar-refractivity contribution in [3.05, 3.63) is 23.3 Å². The maximum absolute atomic E-state index is 5.18. The average Bonchev–Trinajstić information content (AvgIpc) is 3.12. The zero-order valence-corrected chi connectivity index (χ0v) is 15.4. The molecule has 4 aliphatic rings. The second-order valence-electron chi connectivity index (χ2n) is 8.87. The van der Waals surface area contributed by atoms with Crippen LogP contribution in [0.2, 0.25) is 0 Å². The minimum atomic E-state index is 0.278. The molecule has 0 radical (unpaired) electrons. The third kappa shape index (κ3) is 2.41. The minimum Gasteiger partial charge on any atom is -0.361 e. The molecule has 6 rings (SSSR count). The smallest absolute Gasteiger partial charge is 0.227 e. The number of hydrogen-bond acceptors (Lipinski definition) is 5. The fourth-order valence-corrected chi connectivity index (χ4v) is 6.31. The van der Waals surface area contributed by atoms with E-state index in [2.05, 4.69) is 33.8 Å². The Morgan fingerprint density at radius 3 is 2.36 bits per heavy atom. The van der Waals surface area contributed by atoms with E-state index >= 15 is 0 Å². The van der Waals surface area contributed by atoms with Crippen LogP contribution in [0.15, 0.2) is 10.6 Å². The lowest BCUT2D eigenvalue weighted by Crippen LogP contribution is -2.49. The third-order valence-electron chi connectivity index (χ3n) is 6.78. The highest BCUT2D eigenvalue weighted by atomic mass is 16.5. The Balaban J connectivity index is 1.43. The molecule has 2 heterocycles. The summed E-state index contributed by atoms with van der Waals surface area (Å²) in [5.41, 5.74) is 1.21. The van der Waals surface area contributed by atoms with Crippen LogP contribution in [0.25, 0.3) is 0 Å². The molecule has 6 heteroatoms. The van der Waals surface area contributed by atoms with Crippen molar-refractivity contribution in [2.24, 2.45) is 24.8 Å². The van der Waals surface area contributed by atoms with Crippen molar-refractivity contribution in [2.45, 2.75) is 57.4 Å². The predicted molar refractivity (Wildman–Crippen MR) is 94.2 cm³/mol. The van der Waals surface area contributed by atoms with Crippen molar-refractivity contribution >= 4 is 5.95 Å². The fraction of sp³-hybridized carbons (Fsp3) is 0.737. The summed E-state index contributed by atoms with van der Waals surface area (Å²) in [5, 5.41) is 13.4. The molecule has 0 atom stereocenters. The van der Waals surface area contributed by atoms with Gasteiger partial charge >= 0.3 is 0 Å². The van der Waals surface area contributed by atoms with E-state index in [4.69, 9.17) is 9.62 Å². The van der Waals surface area contributed by atoms with Crippen molar-refractivity contribution in [2.75, 3.05) is 11.9 Å². The number of hydrogen-bond donors (Lipinski definition) is 0. The van der Waals surface area contributed by atoms with Crippen LogP contribution in [0.5, 0.6) is 0 Å². The van der Waals surface area contributed by atoms with Crippen LogP contribution in [0.3, 0.4) is 0 Å². The highest BCUT2D eigenvalue weighted by Crippen LogP contribution is 2.60. The van der Waals surface area contributed by atoms with Gasteiger partial charge in [0, 0.05) is 25.6 Å². The Bertz CT molecular complexity index is 756. The van der Waals surface area contributed by atoms with E-state index < -0.39 is 0 Å². The van der Waals surface area contributed by atoms with Gasteiger partial charge in [-0.15, -0.1) is 10.2 Å². The lowest BCUT2D eigenvalue weighted by Gasteiger charge is -2.56. The third-order valence-corrected chi connectivity index (χ3v) is 6.78. The lowest BCUT2D eigenvalue weighted by molar-refractivity contribution is -0.0107. The summed E-state index contributed by atoms with van der Waals surface area (Å²) in [6.07, 6.45) is 8.31. The second kappa shape index (κ2) is 5.32. The van der Waals surface area contributed by atoms with Gasteiger partial charge in [0.25, 0.3) is 0 Å². The summed E-state index contributed by atoms with van der Waals surface area (Å²) in [6.45, 7) is 2.61. The minimum absolute atomic E-state index is 0.278. The first-order valence-corrected chi connectivity index (χ1v) is 9.55. The second-order valence-corrected chi connectivity index (χ2v) is 8.87. The molecule has 2 aromatic rings. The molecule has 0 aromatic carbocycles. The summed E-state index contributed by atoms with van der Waals surface area (Å²) in [4.78, 5) is 2.12. The Morgan fingerprint density at radius 2 is 1.80 bits per heavy atom. The van der Waals surface area contributed by atoms with E-state index in [0.29, 0.717) is 6.54 Å². The number of anilines is 1. The molecule has 4 fully saturated rings. The topological polar surface area (TPSA) is 60.0 Å². The fourth-order valence-electron chi connectivity index (χ4n) is 6.31. The number of aromatic nitrogens is 4. The highest BCUT2D eigenvalue weighted by molar-refractivity contribution is 5.33. The highest BCUT2D eigenvalue weighted by Gasteiger charge is 2.53. The Hall–Kier alpha value is -1.85. The van der Waals surface area contributed by atoms with E-state index in [1.807, 2.05) is 13.0 Å². The lowest BCUT2D eigenvalue weighted by atomic mass is 9.49. The van der Waals surface area contributed by atoms with Crippen molar-refractivity contribution in [3.8, 4) is 0 Å². The van der Waals surface area contributed by atoms with Crippen LogP contribution < -0.4 is 4.90 Å². The van der Waals surface area contributed by atoms with Crippen molar-refractivity contribution in [1.82, 2.24) is 19.9 Å². The molecule has 25 heavy (non-hydrogen) atoms. The van der Waals surface area contributed by atoms with Crippen molar-refractivity contribution in [1.29, 1.82) is 0 Å². The van der Waals surface area contributed by atoms with E-state index in [0.717, 1.165) is 35.2 Å². The Labute approximate surface area is 148 Å². The van der Waals surface area contributed by atoms with Crippen LogP contribution in [0.4, 0.5) is 5.95 Å². The molecule has 0 spiro atoms. The van der Waals surface area contributed by atoms with Crippen molar-refractivity contribution < 1.29 is 4.52 Å². The largest absolute Gasteiger partial charge is 0.361 e. The maximum atomic E-state index is 5.18. The first-order valence-electron chi connectivity index (χ1n) is 9.55. The monoisotopic (exact) mass is 341 g/mol. The molecule has 0 amide bonds. The molecule has 0 unspecified atom stereocenters. The first-order chi connectivity index (χ1) is 12.0. The van der Waals surface area contributed by atoms with Gasteiger partial charge in [0.15, 0.2) is 0 Å². The summed E-state index contributed by atoms with van der Waals surface area (Å²) in [6, 6.07) is 1.98. The molecule has 4 bridgehead atoms. The van der Waals surface area contributed by atoms with Gasteiger partial charge in [0.1, 0.15) is 17.3 Å². The van der Waals surface area contributed by atoms with E-state index in [9.17, 15) is 0 Å². The molecule has 4 aliphatic carbocycles. The zero-order chi connectivity index (χ0) is 17.2. The maximum Gasteiger partial charge on any atom is 0.227 e. The quantitative estimate of drug-likeness (QED) is 0.854. The number of rotatable bonds is 4. The Morgan fingerprint density at radius 1 is 1.16 bits per heavy atom. The first kappa shape index (κ1) is 15.4. The van der Waals surface area contributed by atoms with E-state index in [1.54, 1.807) is 0 Å². The van der Waals surface area contributed by atoms with Gasteiger partial charge in [0.2, 0.25) is 5.95 Å². The molecule has 134 valence electrons. The van der Waals surface area contributed by atoms with Gasteiger partial charge in [-0.25, -0.2) is 0 Å². The molecule has 6 nitrogen and oxygen atoms in total. The molecular weight excluding hydrogens is 314 g/mol. The van der Waals surface area contributed by atoms with E-state index in [-0.39, 0.29) is 5.41 Å². The van der Waals surface area contributed by atoms with Gasteiger partial charge in [-0.2, -0.15) is 0 Å². The standard InChI is InChI=1S/C19H27N5O/c1-12-4-16(22-25-12)11-23(2)18-21-20-17(24(18)3)19-8-13-5-14(9-19)7-15(6-13)10-19/h4,13-15H,5-11H2,1-3H3. The molecule has 4 saturated carbocycles. The predicted octanol–water partition coefficient (Wildman–Crippen LogP) is 3.22. The van der Waals surface area contributed by atoms with Gasteiger partial charge in [-0.1, -0.05) is 5.16 Å². The summed E-state index contributed by atoms with van der Waals surface area (Å²) >= 11 is 0. The van der Waals surface area contributed by atoms with Crippen LogP contribution in [-0.4, -0.2) is 27.0 Å². The molecule has 0 saturated heterocycles. The molecule has 0 aliphatic heterocycles. The summed E-state index contributed by atoms with van der Waals surface area (Å²) in [5.74, 6) is 5.73.